The summed E-state index contributed by atoms with van der Waals surface area (Å²) in [6.07, 6.45) is 1.83. The molecule has 0 fully saturated rings. The SMILES string of the molecule is Cc1ccccc1OCCCN=C(N)NCCc1cccs1.I. The van der Waals surface area contributed by atoms with Gasteiger partial charge in [0, 0.05) is 24.4 Å². The molecule has 0 radical (unpaired) electrons. The van der Waals surface area contributed by atoms with Crippen LogP contribution in [-0.2, 0) is 6.42 Å². The van der Waals surface area contributed by atoms with E-state index < -0.39 is 0 Å². The van der Waals surface area contributed by atoms with Crippen molar-refractivity contribution in [2.45, 2.75) is 19.8 Å². The van der Waals surface area contributed by atoms with E-state index in [9.17, 15) is 0 Å². The number of ether oxygens (including phenoxy) is 1. The molecule has 0 bridgehead atoms. The topological polar surface area (TPSA) is 59.6 Å². The summed E-state index contributed by atoms with van der Waals surface area (Å²) < 4.78 is 5.72. The minimum absolute atomic E-state index is 0. The van der Waals surface area contributed by atoms with Crippen molar-refractivity contribution in [3.63, 3.8) is 0 Å². The van der Waals surface area contributed by atoms with Crippen LogP contribution in [0.15, 0.2) is 46.8 Å². The number of aryl methyl sites for hydroxylation is 1. The standard InChI is InChI=1S/C17H23N3OS.HI/c1-14-6-2-3-8-16(14)21-12-5-10-19-17(18)20-11-9-15-7-4-13-22-15;/h2-4,6-8,13H,5,9-12H2,1H3,(H3,18,19,20);1H. The maximum absolute atomic E-state index is 5.83. The lowest BCUT2D eigenvalue weighted by Crippen LogP contribution is -2.33. The van der Waals surface area contributed by atoms with Gasteiger partial charge in [-0.15, -0.1) is 35.3 Å². The molecule has 0 amide bonds. The number of nitrogens with two attached hydrogens (primary N) is 1. The molecule has 0 unspecified atom stereocenters. The fraction of sp³-hybridized carbons (Fsp3) is 0.353. The maximum Gasteiger partial charge on any atom is 0.188 e. The number of guanidine groups is 1. The van der Waals surface area contributed by atoms with Crippen molar-refractivity contribution in [2.24, 2.45) is 10.7 Å². The van der Waals surface area contributed by atoms with E-state index in [0.717, 1.165) is 30.7 Å². The molecule has 1 aromatic carbocycles. The summed E-state index contributed by atoms with van der Waals surface area (Å²) in [6, 6.07) is 12.2. The zero-order valence-corrected chi connectivity index (χ0v) is 16.5. The van der Waals surface area contributed by atoms with E-state index in [-0.39, 0.29) is 24.0 Å². The molecule has 3 N–H and O–H groups in total. The normalized spacial score (nSPS) is 10.9. The highest BCUT2D eigenvalue weighted by atomic mass is 127. The molecule has 1 heterocycles. The van der Waals surface area contributed by atoms with E-state index in [1.165, 1.54) is 4.88 Å². The van der Waals surface area contributed by atoms with Crippen LogP contribution in [0.2, 0.25) is 0 Å². The van der Waals surface area contributed by atoms with Crippen LogP contribution < -0.4 is 15.8 Å². The van der Waals surface area contributed by atoms with Gasteiger partial charge in [-0.2, -0.15) is 0 Å². The Bertz CT molecular complexity index is 587. The monoisotopic (exact) mass is 445 g/mol. The van der Waals surface area contributed by atoms with Crippen molar-refractivity contribution in [1.29, 1.82) is 0 Å². The molecule has 0 aliphatic carbocycles. The summed E-state index contributed by atoms with van der Waals surface area (Å²) in [5, 5.41) is 5.22. The Kier molecular flexibility index (Phi) is 9.70. The lowest BCUT2D eigenvalue weighted by molar-refractivity contribution is 0.311. The molecule has 0 aliphatic heterocycles. The maximum atomic E-state index is 5.83. The van der Waals surface area contributed by atoms with E-state index in [4.69, 9.17) is 10.5 Å². The van der Waals surface area contributed by atoms with Gasteiger partial charge in [-0.05, 0) is 36.4 Å². The van der Waals surface area contributed by atoms with Gasteiger partial charge < -0.3 is 15.8 Å². The van der Waals surface area contributed by atoms with E-state index >= 15 is 0 Å². The van der Waals surface area contributed by atoms with Crippen LogP contribution in [0, 0.1) is 6.92 Å². The number of hydrogen-bond donors (Lipinski definition) is 2. The lowest BCUT2D eigenvalue weighted by Gasteiger charge is -2.08. The highest BCUT2D eigenvalue weighted by Crippen LogP contribution is 2.16. The Morgan fingerprint density at radius 3 is 2.83 bits per heavy atom. The van der Waals surface area contributed by atoms with Crippen LogP contribution in [0.4, 0.5) is 0 Å². The van der Waals surface area contributed by atoms with Gasteiger partial charge in [-0.3, -0.25) is 4.99 Å². The number of halogens is 1. The number of thiophene rings is 1. The number of nitrogens with zero attached hydrogens (tertiary/aromatic N) is 1. The van der Waals surface area contributed by atoms with Crippen molar-refractivity contribution >= 4 is 41.3 Å². The molecule has 0 atom stereocenters. The van der Waals surface area contributed by atoms with Crippen LogP contribution in [0.3, 0.4) is 0 Å². The van der Waals surface area contributed by atoms with Crippen molar-refractivity contribution in [1.82, 2.24) is 5.32 Å². The highest BCUT2D eigenvalue weighted by molar-refractivity contribution is 14.0. The van der Waals surface area contributed by atoms with E-state index in [1.807, 2.05) is 31.2 Å². The first kappa shape index (κ1) is 19.8. The number of benzene rings is 1. The van der Waals surface area contributed by atoms with Crippen molar-refractivity contribution in [3.8, 4) is 5.75 Å². The van der Waals surface area contributed by atoms with Gasteiger partial charge in [0.1, 0.15) is 5.75 Å². The molecule has 126 valence electrons. The molecule has 2 aromatic rings. The molecular formula is C17H24IN3OS. The number of aliphatic imine (C=N–C) groups is 1. The van der Waals surface area contributed by atoms with Crippen LogP contribution in [0.25, 0.3) is 0 Å². The van der Waals surface area contributed by atoms with Crippen LogP contribution in [0.5, 0.6) is 5.75 Å². The molecular weight excluding hydrogens is 421 g/mol. The molecule has 6 heteroatoms. The lowest BCUT2D eigenvalue weighted by atomic mass is 10.2. The van der Waals surface area contributed by atoms with Gasteiger partial charge in [0.15, 0.2) is 5.96 Å². The molecule has 0 aliphatic rings. The van der Waals surface area contributed by atoms with Crippen molar-refractivity contribution < 1.29 is 4.74 Å². The predicted octanol–water partition coefficient (Wildman–Crippen LogP) is 3.59. The number of rotatable bonds is 8. The third-order valence-electron chi connectivity index (χ3n) is 3.19. The summed E-state index contributed by atoms with van der Waals surface area (Å²) >= 11 is 1.76. The van der Waals surface area contributed by atoms with Gasteiger partial charge in [0.05, 0.1) is 6.61 Å². The average molecular weight is 445 g/mol. The van der Waals surface area contributed by atoms with Crippen molar-refractivity contribution in [3.05, 3.63) is 52.2 Å². The minimum atomic E-state index is 0. The molecule has 2 rings (SSSR count). The van der Waals surface area contributed by atoms with Gasteiger partial charge in [0.25, 0.3) is 0 Å². The van der Waals surface area contributed by atoms with E-state index in [0.29, 0.717) is 19.1 Å². The predicted molar refractivity (Wildman–Crippen MR) is 109 cm³/mol. The van der Waals surface area contributed by atoms with E-state index in [2.05, 4.69) is 27.8 Å². The summed E-state index contributed by atoms with van der Waals surface area (Å²) in [5.41, 5.74) is 6.99. The second-order valence-corrected chi connectivity index (χ2v) is 6.02. The Hall–Kier alpha value is -1.28. The molecule has 4 nitrogen and oxygen atoms in total. The Morgan fingerprint density at radius 2 is 2.09 bits per heavy atom. The quantitative estimate of drug-likeness (QED) is 0.283. The number of para-hydroxylation sites is 1. The van der Waals surface area contributed by atoms with Crippen LogP contribution in [0.1, 0.15) is 16.9 Å². The second kappa shape index (κ2) is 11.3. The zero-order chi connectivity index (χ0) is 15.6. The average Bonchev–Trinajstić information content (AvgIpc) is 3.02. The van der Waals surface area contributed by atoms with Crippen molar-refractivity contribution in [2.75, 3.05) is 19.7 Å². The van der Waals surface area contributed by atoms with Gasteiger partial charge in [0.2, 0.25) is 0 Å². The Labute approximate surface area is 159 Å². The summed E-state index contributed by atoms with van der Waals surface area (Å²) in [5.74, 6) is 1.45. The van der Waals surface area contributed by atoms with Gasteiger partial charge >= 0.3 is 0 Å². The first-order valence-corrected chi connectivity index (χ1v) is 8.38. The third-order valence-corrected chi connectivity index (χ3v) is 4.13. The van der Waals surface area contributed by atoms with Gasteiger partial charge in [-0.1, -0.05) is 24.3 Å². The fourth-order valence-corrected chi connectivity index (χ4v) is 2.70. The number of hydrogen-bond acceptors (Lipinski definition) is 3. The van der Waals surface area contributed by atoms with Crippen LogP contribution in [-0.4, -0.2) is 25.7 Å². The Morgan fingerprint density at radius 1 is 1.26 bits per heavy atom. The molecule has 1 aromatic heterocycles. The fourth-order valence-electron chi connectivity index (χ4n) is 1.99. The first-order chi connectivity index (χ1) is 10.8. The molecule has 0 spiro atoms. The highest BCUT2D eigenvalue weighted by Gasteiger charge is 1.98. The van der Waals surface area contributed by atoms with Crippen LogP contribution >= 0.6 is 35.3 Å². The molecule has 23 heavy (non-hydrogen) atoms. The largest absolute Gasteiger partial charge is 0.493 e. The third kappa shape index (κ3) is 7.69. The zero-order valence-electron chi connectivity index (χ0n) is 13.3. The smallest absolute Gasteiger partial charge is 0.188 e. The minimum Gasteiger partial charge on any atom is -0.493 e. The van der Waals surface area contributed by atoms with Gasteiger partial charge in [-0.25, -0.2) is 0 Å². The summed E-state index contributed by atoms with van der Waals surface area (Å²) in [7, 11) is 0. The molecule has 0 saturated heterocycles. The number of nitrogens with one attached hydrogen (secondary N) is 1. The first-order valence-electron chi connectivity index (χ1n) is 7.50. The van der Waals surface area contributed by atoms with E-state index in [1.54, 1.807) is 11.3 Å². The Balaban J connectivity index is 0.00000264. The summed E-state index contributed by atoms with van der Waals surface area (Å²) in [4.78, 5) is 5.66. The second-order valence-electron chi connectivity index (χ2n) is 4.99. The summed E-state index contributed by atoms with van der Waals surface area (Å²) in [6.45, 7) is 4.18. The molecule has 0 saturated carbocycles.